The molecule has 1 atom stereocenters. The summed E-state index contributed by atoms with van der Waals surface area (Å²) in [5, 5.41) is 3.45. The zero-order valence-electron chi connectivity index (χ0n) is 11.7. The van der Waals surface area contributed by atoms with Gasteiger partial charge in [-0.2, -0.15) is 0 Å². The fraction of sp³-hybridized carbons (Fsp3) is 0.375. The van der Waals surface area contributed by atoms with E-state index < -0.39 is 0 Å². The second-order valence-electron chi connectivity index (χ2n) is 4.74. The van der Waals surface area contributed by atoms with Crippen molar-refractivity contribution in [3.8, 4) is 11.3 Å². The molecule has 1 N–H and O–H groups in total. The average Bonchev–Trinajstić information content (AvgIpc) is 2.92. The van der Waals surface area contributed by atoms with E-state index in [2.05, 4.69) is 35.1 Å². The molecule has 1 unspecified atom stereocenters. The Labute approximate surface area is 127 Å². The molecule has 0 spiro atoms. The molecule has 0 saturated heterocycles. The first-order valence-corrected chi connectivity index (χ1v) is 7.73. The van der Waals surface area contributed by atoms with Gasteiger partial charge in [0.15, 0.2) is 0 Å². The molecule has 0 aliphatic carbocycles. The Morgan fingerprint density at radius 2 is 2.05 bits per heavy atom. The van der Waals surface area contributed by atoms with Gasteiger partial charge in [0, 0.05) is 10.0 Å². The van der Waals surface area contributed by atoms with Gasteiger partial charge in [0.2, 0.25) is 0 Å². The maximum absolute atomic E-state index is 13.4. The van der Waals surface area contributed by atoms with E-state index in [-0.39, 0.29) is 11.9 Å². The van der Waals surface area contributed by atoms with E-state index in [1.165, 1.54) is 12.1 Å². The van der Waals surface area contributed by atoms with E-state index in [0.717, 1.165) is 35.2 Å². The Bertz CT molecular complexity index is 567. The third-order valence-electron chi connectivity index (χ3n) is 3.21. The molecule has 0 saturated carbocycles. The van der Waals surface area contributed by atoms with Crippen LogP contribution in [0.3, 0.4) is 0 Å². The number of nitrogens with one attached hydrogen (secondary N) is 1. The summed E-state index contributed by atoms with van der Waals surface area (Å²) >= 11 is 3.43. The Balaban J connectivity index is 2.25. The lowest BCUT2D eigenvalue weighted by Crippen LogP contribution is -2.20. The standard InChI is InChI=1S/C16H19BrFNO/c1-3-9-19-14(4-2)16-8-7-15(20-16)12-10-11(18)5-6-13(12)17/h5-8,10,14,19H,3-4,9H2,1-2H3. The van der Waals surface area contributed by atoms with E-state index in [1.54, 1.807) is 6.07 Å². The third-order valence-corrected chi connectivity index (χ3v) is 3.90. The molecule has 2 aromatic rings. The molecule has 20 heavy (non-hydrogen) atoms. The van der Waals surface area contributed by atoms with Crippen molar-refractivity contribution in [3.05, 3.63) is 46.4 Å². The van der Waals surface area contributed by atoms with Gasteiger partial charge in [-0.15, -0.1) is 0 Å². The molecule has 0 aliphatic rings. The molecule has 0 radical (unpaired) electrons. The summed E-state index contributed by atoms with van der Waals surface area (Å²) < 4.78 is 20.1. The molecule has 1 heterocycles. The summed E-state index contributed by atoms with van der Waals surface area (Å²) in [6, 6.07) is 8.66. The minimum Gasteiger partial charge on any atom is -0.459 e. The number of benzene rings is 1. The van der Waals surface area contributed by atoms with E-state index in [0.29, 0.717) is 5.76 Å². The van der Waals surface area contributed by atoms with Crippen molar-refractivity contribution in [2.45, 2.75) is 32.7 Å². The number of hydrogen-bond donors (Lipinski definition) is 1. The van der Waals surface area contributed by atoms with Crippen LogP contribution in [0.25, 0.3) is 11.3 Å². The first-order chi connectivity index (χ1) is 9.65. The van der Waals surface area contributed by atoms with Crippen LogP contribution < -0.4 is 5.32 Å². The number of halogens is 2. The van der Waals surface area contributed by atoms with Gasteiger partial charge in [0.25, 0.3) is 0 Å². The summed E-state index contributed by atoms with van der Waals surface area (Å²) in [5.74, 6) is 1.31. The molecule has 0 fully saturated rings. The highest BCUT2D eigenvalue weighted by molar-refractivity contribution is 9.10. The molecule has 2 nitrogen and oxygen atoms in total. The predicted octanol–water partition coefficient (Wildman–Crippen LogP) is 5.30. The summed E-state index contributed by atoms with van der Waals surface area (Å²) in [4.78, 5) is 0. The van der Waals surface area contributed by atoms with Crippen LogP contribution in [0.1, 0.15) is 38.5 Å². The van der Waals surface area contributed by atoms with Gasteiger partial charge in [-0.05, 0) is 49.7 Å². The van der Waals surface area contributed by atoms with Crippen LogP contribution in [-0.4, -0.2) is 6.54 Å². The predicted molar refractivity (Wildman–Crippen MR) is 83.1 cm³/mol. The van der Waals surface area contributed by atoms with Crippen LogP contribution in [0.5, 0.6) is 0 Å². The molecule has 1 aromatic carbocycles. The minimum absolute atomic E-state index is 0.205. The van der Waals surface area contributed by atoms with Crippen molar-refractivity contribution < 1.29 is 8.81 Å². The van der Waals surface area contributed by atoms with Crippen molar-refractivity contribution in [1.82, 2.24) is 5.32 Å². The summed E-state index contributed by atoms with van der Waals surface area (Å²) in [6.07, 6.45) is 2.04. The smallest absolute Gasteiger partial charge is 0.135 e. The molecule has 2 rings (SSSR count). The van der Waals surface area contributed by atoms with Gasteiger partial charge >= 0.3 is 0 Å². The van der Waals surface area contributed by atoms with Gasteiger partial charge in [-0.25, -0.2) is 4.39 Å². The molecule has 108 valence electrons. The van der Waals surface area contributed by atoms with Crippen molar-refractivity contribution in [2.75, 3.05) is 6.54 Å². The van der Waals surface area contributed by atoms with Crippen LogP contribution in [-0.2, 0) is 0 Å². The quantitative estimate of drug-likeness (QED) is 0.772. The molecule has 0 amide bonds. The second kappa shape index (κ2) is 7.04. The highest BCUT2D eigenvalue weighted by atomic mass is 79.9. The van der Waals surface area contributed by atoms with E-state index >= 15 is 0 Å². The van der Waals surface area contributed by atoms with Gasteiger partial charge < -0.3 is 9.73 Å². The minimum atomic E-state index is -0.266. The van der Waals surface area contributed by atoms with Crippen molar-refractivity contribution in [2.24, 2.45) is 0 Å². The maximum Gasteiger partial charge on any atom is 0.135 e. The number of hydrogen-bond acceptors (Lipinski definition) is 2. The molecular formula is C16H19BrFNO. The molecule has 0 aliphatic heterocycles. The third kappa shape index (κ3) is 3.49. The van der Waals surface area contributed by atoms with Gasteiger partial charge in [-0.3, -0.25) is 0 Å². The summed E-state index contributed by atoms with van der Waals surface area (Å²) in [6.45, 7) is 5.21. The Morgan fingerprint density at radius 1 is 1.25 bits per heavy atom. The van der Waals surface area contributed by atoms with Crippen molar-refractivity contribution in [3.63, 3.8) is 0 Å². The van der Waals surface area contributed by atoms with Crippen LogP contribution >= 0.6 is 15.9 Å². The van der Waals surface area contributed by atoms with Gasteiger partial charge in [0.05, 0.1) is 6.04 Å². The summed E-state index contributed by atoms with van der Waals surface area (Å²) in [7, 11) is 0. The Morgan fingerprint density at radius 3 is 2.75 bits per heavy atom. The van der Waals surface area contributed by atoms with Crippen LogP contribution in [0, 0.1) is 5.82 Å². The average molecular weight is 340 g/mol. The SMILES string of the molecule is CCCNC(CC)c1ccc(-c2cc(F)ccc2Br)o1. The number of furan rings is 1. The fourth-order valence-electron chi connectivity index (χ4n) is 2.14. The van der Waals surface area contributed by atoms with E-state index in [4.69, 9.17) is 4.42 Å². The molecule has 0 bridgehead atoms. The fourth-order valence-corrected chi connectivity index (χ4v) is 2.58. The first kappa shape index (κ1) is 15.3. The molecule has 1 aromatic heterocycles. The van der Waals surface area contributed by atoms with Gasteiger partial charge in [0.1, 0.15) is 17.3 Å². The van der Waals surface area contributed by atoms with Crippen LogP contribution in [0.4, 0.5) is 4.39 Å². The molecular weight excluding hydrogens is 321 g/mol. The Kier molecular flexibility index (Phi) is 5.38. The van der Waals surface area contributed by atoms with Crippen molar-refractivity contribution in [1.29, 1.82) is 0 Å². The highest BCUT2D eigenvalue weighted by Gasteiger charge is 2.15. The lowest BCUT2D eigenvalue weighted by atomic mass is 10.1. The normalized spacial score (nSPS) is 12.6. The topological polar surface area (TPSA) is 25.2 Å². The summed E-state index contributed by atoms with van der Waals surface area (Å²) in [5.41, 5.74) is 0.738. The van der Waals surface area contributed by atoms with Crippen molar-refractivity contribution >= 4 is 15.9 Å². The second-order valence-corrected chi connectivity index (χ2v) is 5.60. The largest absolute Gasteiger partial charge is 0.459 e. The molecule has 4 heteroatoms. The van der Waals surface area contributed by atoms with E-state index in [1.807, 2.05) is 12.1 Å². The zero-order chi connectivity index (χ0) is 14.5. The monoisotopic (exact) mass is 339 g/mol. The number of rotatable bonds is 6. The lowest BCUT2D eigenvalue weighted by molar-refractivity contribution is 0.410. The highest BCUT2D eigenvalue weighted by Crippen LogP contribution is 2.32. The lowest BCUT2D eigenvalue weighted by Gasteiger charge is -2.13. The van der Waals surface area contributed by atoms with Crippen LogP contribution in [0.15, 0.2) is 39.2 Å². The first-order valence-electron chi connectivity index (χ1n) is 6.94. The van der Waals surface area contributed by atoms with Gasteiger partial charge in [-0.1, -0.05) is 29.8 Å². The maximum atomic E-state index is 13.4. The van der Waals surface area contributed by atoms with E-state index in [9.17, 15) is 4.39 Å². The van der Waals surface area contributed by atoms with Crippen LogP contribution in [0.2, 0.25) is 0 Å². The Hall–Kier alpha value is -1.13. The zero-order valence-corrected chi connectivity index (χ0v) is 13.3.